The Labute approximate surface area is 113 Å². The zero-order valence-corrected chi connectivity index (χ0v) is 11.1. The van der Waals surface area contributed by atoms with Crippen molar-refractivity contribution in [1.29, 1.82) is 0 Å². The molecule has 6 heteroatoms. The molecule has 0 unspecified atom stereocenters. The lowest BCUT2D eigenvalue weighted by Gasteiger charge is -1.97. The van der Waals surface area contributed by atoms with Gasteiger partial charge in [0, 0.05) is 7.05 Å². The number of thiazole rings is 1. The summed E-state index contributed by atoms with van der Waals surface area (Å²) in [4.78, 5) is 16.6. The predicted molar refractivity (Wildman–Crippen MR) is 75.3 cm³/mol. The Morgan fingerprint density at radius 3 is 2.89 bits per heavy atom. The van der Waals surface area contributed by atoms with Crippen LogP contribution in [0.1, 0.15) is 15.4 Å². The number of carbonyl (C=O) groups is 1. The van der Waals surface area contributed by atoms with E-state index in [2.05, 4.69) is 10.1 Å². The highest BCUT2D eigenvalue weighted by atomic mass is 32.1. The number of fused-ring (bicyclic) bond motifs is 1. The van der Waals surface area contributed by atoms with Crippen LogP contribution in [-0.4, -0.2) is 20.5 Å². The van der Waals surface area contributed by atoms with Crippen molar-refractivity contribution in [2.75, 3.05) is 5.73 Å². The molecule has 0 radical (unpaired) electrons. The number of aromatic nitrogens is 3. The Morgan fingerprint density at radius 2 is 2.21 bits per heavy atom. The molecule has 0 aliphatic heterocycles. The van der Waals surface area contributed by atoms with Crippen molar-refractivity contribution in [3.63, 3.8) is 0 Å². The number of nitrogens with two attached hydrogens (primary N) is 1. The molecule has 0 fully saturated rings. The van der Waals surface area contributed by atoms with E-state index in [4.69, 9.17) is 5.73 Å². The lowest BCUT2D eigenvalue weighted by molar-refractivity contribution is 0.0994. The minimum Gasteiger partial charge on any atom is -0.383 e. The molecule has 2 heterocycles. The highest BCUT2D eigenvalue weighted by molar-refractivity contribution is 7.18. The van der Waals surface area contributed by atoms with E-state index < -0.39 is 0 Å². The molecule has 0 aliphatic carbocycles. The molecule has 0 spiro atoms. The van der Waals surface area contributed by atoms with Gasteiger partial charge in [0.1, 0.15) is 10.8 Å². The van der Waals surface area contributed by atoms with Crippen LogP contribution >= 0.6 is 11.3 Å². The Balaban J connectivity index is 1.88. The van der Waals surface area contributed by atoms with Crippen LogP contribution in [0.2, 0.25) is 0 Å². The maximum Gasteiger partial charge on any atom is 0.174 e. The monoisotopic (exact) mass is 272 g/mol. The molecular formula is C13H12N4OS. The van der Waals surface area contributed by atoms with Crippen LogP contribution in [0.15, 0.2) is 30.5 Å². The average molecular weight is 272 g/mol. The maximum atomic E-state index is 12.2. The van der Waals surface area contributed by atoms with E-state index in [-0.39, 0.29) is 12.2 Å². The number of anilines is 1. The second-order valence-electron chi connectivity index (χ2n) is 4.24. The number of hydrogen-bond acceptors (Lipinski definition) is 5. The normalized spacial score (nSPS) is 11.0. The number of carbonyl (C=O) groups excluding carboxylic acids is 1. The first-order chi connectivity index (χ1) is 9.15. The van der Waals surface area contributed by atoms with E-state index in [1.165, 1.54) is 22.2 Å². The number of nitrogens with zero attached hydrogens (tertiary/aromatic N) is 3. The minimum atomic E-state index is -0.0512. The fourth-order valence-corrected chi connectivity index (χ4v) is 2.86. The Kier molecular flexibility index (Phi) is 2.79. The molecule has 96 valence electrons. The molecular weight excluding hydrogens is 260 g/mol. The molecule has 1 aromatic carbocycles. The molecule has 0 saturated heterocycles. The maximum absolute atomic E-state index is 12.2. The second kappa shape index (κ2) is 4.47. The zero-order valence-electron chi connectivity index (χ0n) is 10.3. The average Bonchev–Trinajstić information content (AvgIpc) is 2.93. The SMILES string of the molecule is Cn1ncc(C(=O)Cc2nc3ccccc3s2)c1N. The van der Waals surface area contributed by atoms with Gasteiger partial charge in [0.15, 0.2) is 5.78 Å². The molecule has 3 aromatic rings. The Morgan fingerprint density at radius 1 is 1.42 bits per heavy atom. The van der Waals surface area contributed by atoms with Gasteiger partial charge in [-0.3, -0.25) is 9.48 Å². The van der Waals surface area contributed by atoms with Gasteiger partial charge in [-0.05, 0) is 12.1 Å². The summed E-state index contributed by atoms with van der Waals surface area (Å²) in [5.74, 6) is 0.343. The van der Waals surface area contributed by atoms with Gasteiger partial charge in [-0.2, -0.15) is 5.10 Å². The van der Waals surface area contributed by atoms with Crippen LogP contribution in [-0.2, 0) is 13.5 Å². The van der Waals surface area contributed by atoms with Crippen molar-refractivity contribution < 1.29 is 4.79 Å². The smallest absolute Gasteiger partial charge is 0.174 e. The second-order valence-corrected chi connectivity index (χ2v) is 5.36. The van der Waals surface area contributed by atoms with Gasteiger partial charge in [-0.1, -0.05) is 12.1 Å². The third-order valence-electron chi connectivity index (χ3n) is 2.93. The molecule has 3 rings (SSSR count). The first-order valence-electron chi connectivity index (χ1n) is 5.80. The lowest BCUT2D eigenvalue weighted by Crippen LogP contribution is -2.07. The van der Waals surface area contributed by atoms with E-state index >= 15 is 0 Å². The number of Topliss-reactive ketones (excluding diaryl/α,β-unsaturated/α-hetero) is 1. The number of nitrogen functional groups attached to an aromatic ring is 1. The van der Waals surface area contributed by atoms with Crippen molar-refractivity contribution >= 4 is 33.2 Å². The number of aryl methyl sites for hydroxylation is 1. The van der Waals surface area contributed by atoms with Crippen molar-refractivity contribution in [3.05, 3.63) is 41.0 Å². The van der Waals surface area contributed by atoms with Crippen molar-refractivity contribution in [2.45, 2.75) is 6.42 Å². The van der Waals surface area contributed by atoms with Crippen molar-refractivity contribution in [3.8, 4) is 0 Å². The molecule has 0 aliphatic rings. The quantitative estimate of drug-likeness (QED) is 0.740. The van der Waals surface area contributed by atoms with E-state index in [1.807, 2.05) is 24.3 Å². The number of rotatable bonds is 3. The highest BCUT2D eigenvalue weighted by Crippen LogP contribution is 2.23. The number of ketones is 1. The number of benzene rings is 1. The molecule has 0 bridgehead atoms. The molecule has 19 heavy (non-hydrogen) atoms. The van der Waals surface area contributed by atoms with Crippen LogP contribution in [0, 0.1) is 0 Å². The summed E-state index contributed by atoms with van der Waals surface area (Å²) in [6.07, 6.45) is 1.76. The molecule has 2 aromatic heterocycles. The minimum absolute atomic E-state index is 0.0512. The van der Waals surface area contributed by atoms with E-state index in [0.29, 0.717) is 11.4 Å². The van der Waals surface area contributed by atoms with Crippen LogP contribution in [0.3, 0.4) is 0 Å². The zero-order chi connectivity index (χ0) is 13.4. The summed E-state index contributed by atoms with van der Waals surface area (Å²) in [5.41, 5.74) is 7.18. The number of para-hydroxylation sites is 1. The van der Waals surface area contributed by atoms with Crippen molar-refractivity contribution in [2.24, 2.45) is 7.05 Å². The molecule has 0 amide bonds. The molecule has 0 saturated carbocycles. The fraction of sp³-hybridized carbons (Fsp3) is 0.154. The summed E-state index contributed by atoms with van der Waals surface area (Å²) in [6, 6.07) is 7.84. The van der Waals surface area contributed by atoms with E-state index in [0.717, 1.165) is 15.2 Å². The van der Waals surface area contributed by atoms with Crippen LogP contribution in [0.25, 0.3) is 10.2 Å². The van der Waals surface area contributed by atoms with Crippen LogP contribution in [0.5, 0.6) is 0 Å². The fourth-order valence-electron chi connectivity index (χ4n) is 1.89. The first-order valence-corrected chi connectivity index (χ1v) is 6.62. The van der Waals surface area contributed by atoms with E-state index in [9.17, 15) is 4.79 Å². The third-order valence-corrected chi connectivity index (χ3v) is 3.97. The summed E-state index contributed by atoms with van der Waals surface area (Å²) in [7, 11) is 1.71. The van der Waals surface area contributed by atoms with Gasteiger partial charge in [0.25, 0.3) is 0 Å². The largest absolute Gasteiger partial charge is 0.383 e. The third kappa shape index (κ3) is 2.10. The van der Waals surface area contributed by atoms with Gasteiger partial charge in [0.2, 0.25) is 0 Å². The summed E-state index contributed by atoms with van der Waals surface area (Å²) < 4.78 is 2.58. The molecule has 5 nitrogen and oxygen atoms in total. The standard InChI is InChI=1S/C13H12N4OS/c1-17-13(14)8(7-15-17)10(18)6-12-16-9-4-2-3-5-11(9)19-12/h2-5,7H,6,14H2,1H3. The number of hydrogen-bond donors (Lipinski definition) is 1. The van der Waals surface area contributed by atoms with Crippen LogP contribution < -0.4 is 5.73 Å². The molecule has 0 atom stereocenters. The highest BCUT2D eigenvalue weighted by Gasteiger charge is 2.16. The van der Waals surface area contributed by atoms with Gasteiger partial charge < -0.3 is 5.73 Å². The van der Waals surface area contributed by atoms with Gasteiger partial charge in [-0.15, -0.1) is 11.3 Å². The Bertz CT molecular complexity index is 726. The first kappa shape index (κ1) is 11.9. The van der Waals surface area contributed by atoms with Gasteiger partial charge in [0.05, 0.1) is 28.4 Å². The molecule has 2 N–H and O–H groups in total. The van der Waals surface area contributed by atoms with Gasteiger partial charge in [-0.25, -0.2) is 4.98 Å². The van der Waals surface area contributed by atoms with Crippen LogP contribution in [0.4, 0.5) is 5.82 Å². The lowest BCUT2D eigenvalue weighted by atomic mass is 10.1. The van der Waals surface area contributed by atoms with Gasteiger partial charge >= 0.3 is 0 Å². The summed E-state index contributed by atoms with van der Waals surface area (Å²) in [5, 5.41) is 4.78. The van der Waals surface area contributed by atoms with Crippen molar-refractivity contribution in [1.82, 2.24) is 14.8 Å². The summed E-state index contributed by atoms with van der Waals surface area (Å²) >= 11 is 1.53. The summed E-state index contributed by atoms with van der Waals surface area (Å²) in [6.45, 7) is 0. The van der Waals surface area contributed by atoms with E-state index in [1.54, 1.807) is 7.05 Å². The predicted octanol–water partition coefficient (Wildman–Crippen LogP) is 2.04. The Hall–Kier alpha value is -2.21. The topological polar surface area (TPSA) is 73.8 Å².